The van der Waals surface area contributed by atoms with E-state index in [0.717, 1.165) is 50.2 Å². The van der Waals surface area contributed by atoms with E-state index in [2.05, 4.69) is 30.7 Å². The van der Waals surface area contributed by atoms with Crippen LogP contribution in [-0.4, -0.2) is 115 Å². The summed E-state index contributed by atoms with van der Waals surface area (Å²) < 4.78 is 9.10. The van der Waals surface area contributed by atoms with Crippen LogP contribution in [0.25, 0.3) is 10.6 Å². The van der Waals surface area contributed by atoms with Crippen LogP contribution in [0.15, 0.2) is 138 Å². The molecule has 0 bridgehead atoms. The zero-order chi connectivity index (χ0) is 50.2. The molecule has 0 aromatic heterocycles. The number of nitro benzene ring substituents is 3. The maximum atomic E-state index is 10.8. The fraction of sp³-hybridized carbons (Fsp3) is 0.347. The second-order valence-electron chi connectivity index (χ2n) is 13.0. The Labute approximate surface area is 474 Å². The van der Waals surface area contributed by atoms with Crippen molar-refractivity contribution in [3.63, 3.8) is 0 Å². The first-order valence-electron chi connectivity index (χ1n) is 20.9. The van der Waals surface area contributed by atoms with Gasteiger partial charge in [-0.05, 0) is 38.8 Å². The fourth-order valence-electron chi connectivity index (χ4n) is 5.05. The predicted octanol–water partition coefficient (Wildman–Crippen LogP) is 9.05. The van der Waals surface area contributed by atoms with Crippen LogP contribution in [0.2, 0.25) is 0 Å². The van der Waals surface area contributed by atoms with Crippen LogP contribution in [0.1, 0.15) is 47.0 Å². The first kappa shape index (κ1) is 78.2. The summed E-state index contributed by atoms with van der Waals surface area (Å²) in [6.45, 7) is 9.79. The maximum absolute atomic E-state index is 10.8. The summed E-state index contributed by atoms with van der Waals surface area (Å²) in [5, 5.41) is 61.1. The van der Waals surface area contributed by atoms with Gasteiger partial charge in [-0.1, -0.05) is 100 Å². The molecular weight excluding hydrogens is 1090 g/mol. The molecule has 0 saturated carbocycles. The topological polar surface area (TPSA) is 309 Å². The van der Waals surface area contributed by atoms with E-state index in [0.29, 0.717) is 50.2 Å². The van der Waals surface area contributed by atoms with E-state index in [9.17, 15) is 49.5 Å². The summed E-state index contributed by atoms with van der Waals surface area (Å²) in [6, 6.07) is 23.8. The van der Waals surface area contributed by atoms with E-state index >= 15 is 0 Å². The van der Waals surface area contributed by atoms with Crippen molar-refractivity contribution in [3.8, 4) is 0 Å². The molecule has 3 aromatic carbocycles. The average molecular weight is 1160 g/mol. The number of carbonyl (C=O) groups excluding carboxylic acids is 2. The minimum absolute atomic E-state index is 0. The van der Waals surface area contributed by atoms with Gasteiger partial charge in [-0.3, -0.25) is 30.3 Å². The molecule has 23 heteroatoms. The Hall–Kier alpha value is -5.25. The molecule has 0 amide bonds. The SMILES string of the molecule is C.CC.COC(=O)C1=CCNCC1.COC(=O)C1=CC[N-]CC1.O=C(O)C1=CCNCC1.O=C(O)C1=CC[N-]CC1.O=[N+]([O-])c1ccccc1.O=[N+]([O-])c1ccccc1.O=[N+]([O-])c1ccccc1.[CH3-].[CH3-].[Y].[Y]. The fourth-order valence-corrected chi connectivity index (χ4v) is 5.05. The van der Waals surface area contributed by atoms with Gasteiger partial charge in [0, 0.05) is 137 Å². The second-order valence-corrected chi connectivity index (χ2v) is 13.0. The van der Waals surface area contributed by atoms with Crippen molar-refractivity contribution in [1.82, 2.24) is 10.6 Å². The zero-order valence-corrected chi connectivity index (χ0v) is 46.8. The number of hydrogen-bond donors (Lipinski definition) is 4. The minimum Gasteiger partial charge on any atom is -0.659 e. The van der Waals surface area contributed by atoms with Crippen LogP contribution in [-0.2, 0) is 94.1 Å². The van der Waals surface area contributed by atoms with E-state index < -0.39 is 26.7 Å². The number of nitrogens with one attached hydrogen (secondary N) is 2. The molecule has 0 aliphatic carbocycles. The standard InChI is InChI=1S/C7H11NO2.C7H10NO2.C6H9NO2.C6H8NO2.3C6H5NO2.C2H6.CH4.2CH3.2Y/c2*1-10-7(9)6-2-4-8-5-3-6;2*8-6(9)5-1-3-7-4-2-5;3*8-7(9)6-4-2-1-3-5-6;1-2;;;;;/h2,8H,3-5H2,1H3;2H,3-5H2,1H3;1,7H,2-4H2,(H,8,9);1H,2-4H2,(H,8,9);3*1-5H;1-2H3;1H4;2*1H3;;/q;-1;;-1;;;;;;2*-1;;. The summed E-state index contributed by atoms with van der Waals surface area (Å²) in [5.41, 5.74) is 3.00. The van der Waals surface area contributed by atoms with E-state index in [4.69, 9.17) is 10.2 Å². The number of nitrogens with zero attached hydrogens (tertiary/aromatic N) is 5. The van der Waals surface area contributed by atoms with Gasteiger partial charge < -0.3 is 55.8 Å². The number of non-ortho nitro benzene ring substituents is 3. The van der Waals surface area contributed by atoms with Crippen LogP contribution < -0.4 is 10.6 Å². The number of nitro groups is 3. The quantitative estimate of drug-likeness (QED) is 0.0742. The molecule has 3 aromatic rings. The summed E-state index contributed by atoms with van der Waals surface area (Å²) in [4.78, 5) is 71.0. The Morgan fingerprint density at radius 2 is 0.792 bits per heavy atom. The third-order valence-corrected chi connectivity index (χ3v) is 8.49. The molecule has 4 N–H and O–H groups in total. The minimum atomic E-state index is -0.801. The van der Waals surface area contributed by atoms with Crippen molar-refractivity contribution in [2.45, 2.75) is 47.0 Å². The van der Waals surface area contributed by atoms with Gasteiger partial charge in [-0.25, -0.2) is 19.2 Å². The average Bonchev–Trinajstić information content (AvgIpc) is 3.39. The molecule has 4 aliphatic heterocycles. The number of carboxylic acids is 2. The number of rotatable bonds is 7. The predicted molar refractivity (Wildman–Crippen MR) is 272 cm³/mol. The molecule has 21 nitrogen and oxygen atoms in total. The molecule has 2 radical (unpaired) electrons. The molecule has 72 heavy (non-hydrogen) atoms. The van der Waals surface area contributed by atoms with Gasteiger partial charge in [0.05, 0.1) is 29.0 Å². The molecule has 0 spiro atoms. The summed E-state index contributed by atoms with van der Waals surface area (Å²) in [6.07, 6.45) is 9.81. The molecule has 4 aliphatic rings. The number of benzene rings is 3. The maximum Gasteiger partial charge on any atom is 0.333 e. The Kier molecular flexibility index (Phi) is 55.0. The number of carbonyl (C=O) groups is 4. The van der Waals surface area contributed by atoms with Crippen LogP contribution in [0, 0.1) is 45.2 Å². The van der Waals surface area contributed by atoms with Gasteiger partial charge in [0.1, 0.15) is 0 Å². The van der Waals surface area contributed by atoms with Crippen LogP contribution in [0.4, 0.5) is 17.1 Å². The Bertz CT molecular complexity index is 1900. The summed E-state index contributed by atoms with van der Waals surface area (Å²) >= 11 is 0. The number of ether oxygens (including phenoxy) is 2. The zero-order valence-electron chi connectivity index (χ0n) is 41.1. The number of para-hydroxylation sites is 3. The van der Waals surface area contributed by atoms with Gasteiger partial charge in [0.2, 0.25) is 0 Å². The van der Waals surface area contributed by atoms with Crippen LogP contribution >= 0.6 is 0 Å². The number of esters is 2. The molecule has 0 atom stereocenters. The summed E-state index contributed by atoms with van der Waals surface area (Å²) in [7, 11) is 2.81. The van der Waals surface area contributed by atoms with Gasteiger partial charge in [0.15, 0.2) is 0 Å². The Morgan fingerprint density at radius 1 is 0.514 bits per heavy atom. The van der Waals surface area contributed by atoms with Gasteiger partial charge in [0.25, 0.3) is 17.1 Å². The Balaban J connectivity index is -0.000000173. The molecule has 394 valence electrons. The summed E-state index contributed by atoms with van der Waals surface area (Å²) in [5.74, 6) is -1.99. The van der Waals surface area contributed by atoms with Crippen molar-refractivity contribution in [2.75, 3.05) is 66.6 Å². The number of methoxy groups -OCH3 is 2. The van der Waals surface area contributed by atoms with Gasteiger partial charge in [-0.15, -0.1) is 26.2 Å². The molecule has 4 heterocycles. The largest absolute Gasteiger partial charge is 0.659 e. The van der Waals surface area contributed by atoms with Crippen molar-refractivity contribution in [1.29, 1.82) is 0 Å². The first-order chi connectivity index (χ1) is 32.2. The number of hydrogen-bond acceptors (Lipinski definition) is 14. The molecule has 7 rings (SSSR count). The number of aliphatic carboxylic acids is 2. The van der Waals surface area contributed by atoms with E-state index in [1.807, 2.05) is 26.0 Å². The Morgan fingerprint density at radius 3 is 0.986 bits per heavy atom. The van der Waals surface area contributed by atoms with E-state index in [-0.39, 0.29) is 117 Å². The molecule has 0 saturated heterocycles. The normalized spacial score (nSPS) is 13.1. The van der Waals surface area contributed by atoms with Crippen molar-refractivity contribution in [3.05, 3.63) is 193 Å². The monoisotopic (exact) mass is 1160 g/mol. The van der Waals surface area contributed by atoms with Crippen molar-refractivity contribution >= 4 is 40.9 Å². The second kappa shape index (κ2) is 50.7. The van der Waals surface area contributed by atoms with E-state index in [1.54, 1.807) is 66.7 Å². The smallest absolute Gasteiger partial charge is 0.333 e. The van der Waals surface area contributed by atoms with Gasteiger partial charge in [-0.2, -0.15) is 0 Å². The first-order valence-corrected chi connectivity index (χ1v) is 20.9. The van der Waals surface area contributed by atoms with E-state index in [1.165, 1.54) is 50.6 Å². The third-order valence-electron chi connectivity index (χ3n) is 8.49. The molecular formula is C49H69N7O14Y2-4. The van der Waals surface area contributed by atoms with Crippen molar-refractivity contribution < 1.29 is 119 Å². The molecule has 0 unspecified atom stereocenters. The molecule has 0 fully saturated rings. The third kappa shape index (κ3) is 38.4. The van der Waals surface area contributed by atoms with Crippen LogP contribution in [0.3, 0.4) is 0 Å². The van der Waals surface area contributed by atoms with Gasteiger partial charge >= 0.3 is 23.9 Å². The van der Waals surface area contributed by atoms with Crippen molar-refractivity contribution in [2.24, 2.45) is 0 Å². The number of carboxylic acid groups (broad SMARTS) is 2. The van der Waals surface area contributed by atoms with Crippen LogP contribution in [0.5, 0.6) is 0 Å².